The molecule has 74 heavy (non-hydrogen) atoms. The van der Waals surface area contributed by atoms with E-state index in [9.17, 15) is 19.0 Å². The zero-order chi connectivity index (χ0) is 54.3. The zero-order valence-corrected chi connectivity index (χ0v) is 48.9. The molecule has 10 heteroatoms. The Morgan fingerprint density at radius 1 is 0.486 bits per heavy atom. The third-order valence-corrected chi connectivity index (χ3v) is 13.1. The molecule has 0 aliphatic carbocycles. The number of amides is 1. The predicted octanol–water partition coefficient (Wildman–Crippen LogP) is 17.3. The van der Waals surface area contributed by atoms with E-state index in [1.165, 1.54) is 77.0 Å². The maximum absolute atomic E-state index is 13.5. The molecule has 1 N–H and O–H groups in total. The summed E-state index contributed by atoms with van der Waals surface area (Å²) >= 11 is 0. The number of quaternary nitrogens is 1. The number of phosphoric ester groups is 1. The summed E-state index contributed by atoms with van der Waals surface area (Å²) in [5.74, 6) is -0.655. The van der Waals surface area contributed by atoms with Crippen LogP contribution in [0.2, 0.25) is 0 Å². The number of likely N-dealkylation sites (N-methyl/N-ethyl adjacent to an activating group) is 1. The summed E-state index contributed by atoms with van der Waals surface area (Å²) in [5.41, 5.74) is 0. The number of carbonyl (C=O) groups is 2. The number of carbonyl (C=O) groups excluding carboxylic acids is 2. The zero-order valence-electron chi connectivity index (χ0n) is 48.0. The van der Waals surface area contributed by atoms with E-state index in [1.807, 2.05) is 27.2 Å². The van der Waals surface area contributed by atoms with Crippen molar-refractivity contribution >= 4 is 19.7 Å². The van der Waals surface area contributed by atoms with Gasteiger partial charge in [-0.15, -0.1) is 0 Å². The third-order valence-electron chi connectivity index (χ3n) is 12.1. The summed E-state index contributed by atoms with van der Waals surface area (Å²) in [6.45, 7) is 6.60. The summed E-state index contributed by atoms with van der Waals surface area (Å²) in [5, 5.41) is 2.97. The lowest BCUT2D eigenvalue weighted by Crippen LogP contribution is -2.47. The highest BCUT2D eigenvalue weighted by atomic mass is 31.2. The summed E-state index contributed by atoms with van der Waals surface area (Å²) in [6, 6.07) is -0.939. The lowest BCUT2D eigenvalue weighted by Gasteiger charge is -2.30. The Hall–Kier alpha value is -3.59. The van der Waals surface area contributed by atoms with E-state index in [-0.39, 0.29) is 25.4 Å². The van der Waals surface area contributed by atoms with Crippen LogP contribution in [0.15, 0.2) is 122 Å². The topological polar surface area (TPSA) is 114 Å². The van der Waals surface area contributed by atoms with Gasteiger partial charge in [-0.05, 0) is 115 Å². The highest BCUT2D eigenvalue weighted by molar-refractivity contribution is 7.45. The van der Waals surface area contributed by atoms with Crippen molar-refractivity contribution < 1.29 is 37.3 Å². The van der Waals surface area contributed by atoms with Crippen molar-refractivity contribution in [3.8, 4) is 0 Å². The molecule has 0 aromatic carbocycles. The number of ether oxygens (including phenoxy) is 1. The molecule has 0 aromatic rings. The number of esters is 1. The van der Waals surface area contributed by atoms with Crippen molar-refractivity contribution in [3.63, 3.8) is 0 Å². The molecule has 0 spiro atoms. The normalized spacial score (nSPS) is 14.6. The molecule has 3 unspecified atom stereocenters. The quantitative estimate of drug-likeness (QED) is 0.0212. The highest BCUT2D eigenvalue weighted by Gasteiger charge is 2.27. The van der Waals surface area contributed by atoms with Crippen molar-refractivity contribution in [2.75, 3.05) is 40.9 Å². The first kappa shape index (κ1) is 70.4. The SMILES string of the molecule is CC/C=C\C/C=C\C/C=C\C/C=C\C/C=C\CCCC(=O)NC(COP(=O)([O-])OCC[N+](C)(C)C)C(/C=C/CCCCCCCCCCCC)OC(=O)CCCCC/C=C\C/C=C\C/C=C\C/C=C\CCCCC. The van der Waals surface area contributed by atoms with Gasteiger partial charge in [0.1, 0.15) is 19.3 Å². The van der Waals surface area contributed by atoms with Gasteiger partial charge in [-0.1, -0.05) is 213 Å². The molecule has 0 aromatic heterocycles. The molecule has 422 valence electrons. The fourth-order valence-electron chi connectivity index (χ4n) is 7.60. The molecule has 0 saturated carbocycles. The van der Waals surface area contributed by atoms with Gasteiger partial charge in [-0.25, -0.2) is 0 Å². The largest absolute Gasteiger partial charge is 0.756 e. The van der Waals surface area contributed by atoms with Crippen molar-refractivity contribution in [1.82, 2.24) is 5.32 Å². The number of rotatable bonds is 51. The van der Waals surface area contributed by atoms with Gasteiger partial charge < -0.3 is 28.5 Å². The van der Waals surface area contributed by atoms with Crippen molar-refractivity contribution in [2.24, 2.45) is 0 Å². The summed E-state index contributed by atoms with van der Waals surface area (Å²) in [6.07, 6.45) is 73.2. The Balaban J connectivity index is 5.49. The number of hydrogen-bond acceptors (Lipinski definition) is 7. The van der Waals surface area contributed by atoms with Gasteiger partial charge >= 0.3 is 5.97 Å². The Kier molecular flexibility index (Phi) is 50.3. The molecule has 0 aliphatic heterocycles. The molecular formula is C64H109N2O7P. The second-order valence-corrected chi connectivity index (χ2v) is 21.8. The van der Waals surface area contributed by atoms with E-state index in [0.717, 1.165) is 96.3 Å². The smallest absolute Gasteiger partial charge is 0.306 e. The van der Waals surface area contributed by atoms with E-state index < -0.39 is 32.5 Å². The molecular weight excluding hydrogens is 940 g/mol. The van der Waals surface area contributed by atoms with Crippen LogP contribution in [0, 0.1) is 0 Å². The van der Waals surface area contributed by atoms with Crippen molar-refractivity contribution in [3.05, 3.63) is 122 Å². The van der Waals surface area contributed by atoms with Gasteiger partial charge in [-0.3, -0.25) is 14.2 Å². The second kappa shape index (κ2) is 52.8. The number of nitrogens with zero attached hydrogens (tertiary/aromatic N) is 1. The summed E-state index contributed by atoms with van der Waals surface area (Å²) in [7, 11) is 1.11. The third kappa shape index (κ3) is 53.2. The second-order valence-electron chi connectivity index (χ2n) is 20.4. The molecule has 1 amide bonds. The average molecular weight is 1050 g/mol. The standard InChI is InChI=1S/C64H109N2O7P/c1-7-10-13-16-19-22-25-28-30-32-33-35-37-39-42-45-48-51-54-57-64(68)73-62(55-52-49-46-43-40-27-24-21-18-15-12-9-3)61(60-72-74(69,70)71-59-58-66(4,5)6)65-63(67)56-53-50-47-44-41-38-36-34-31-29-26-23-20-17-14-11-8-2/h11,14,19-20,22-23,28-31,33,35-36,38-39,42,44,47,52,55,61-62H,7-10,12-13,15-18,21,24-27,32,34,37,40-41,43,45-46,48-51,53-54,56-60H2,1-6H3,(H-,65,67,69,70)/b14-11-,22-19-,23-20-,30-28-,31-29-,35-33-,38-36-,42-39-,47-44-,55-52+. The lowest BCUT2D eigenvalue weighted by atomic mass is 10.1. The van der Waals surface area contributed by atoms with E-state index in [0.29, 0.717) is 23.9 Å². The number of hydrogen-bond donors (Lipinski definition) is 1. The summed E-state index contributed by atoms with van der Waals surface area (Å²) < 4.78 is 30.2. The van der Waals surface area contributed by atoms with Gasteiger partial charge in [-0.2, -0.15) is 0 Å². The maximum Gasteiger partial charge on any atom is 0.306 e. The Bertz CT molecular complexity index is 1680. The van der Waals surface area contributed by atoms with Crippen LogP contribution >= 0.6 is 7.82 Å². The average Bonchev–Trinajstić information content (AvgIpc) is 3.36. The number of nitrogens with one attached hydrogen (secondary N) is 1. The van der Waals surface area contributed by atoms with E-state index in [4.69, 9.17) is 13.8 Å². The van der Waals surface area contributed by atoms with Crippen LogP contribution in [0.4, 0.5) is 0 Å². The Morgan fingerprint density at radius 3 is 1.35 bits per heavy atom. The number of allylic oxidation sites excluding steroid dienone is 19. The Labute approximate surface area is 454 Å². The van der Waals surface area contributed by atoms with Gasteiger partial charge in [0.05, 0.1) is 33.8 Å². The molecule has 9 nitrogen and oxygen atoms in total. The van der Waals surface area contributed by atoms with Crippen LogP contribution in [0.1, 0.15) is 220 Å². The first-order valence-corrected chi connectivity index (χ1v) is 30.8. The number of unbranched alkanes of at least 4 members (excludes halogenated alkanes) is 17. The molecule has 0 aliphatic rings. The molecule has 0 bridgehead atoms. The van der Waals surface area contributed by atoms with Gasteiger partial charge in [0.2, 0.25) is 5.91 Å². The van der Waals surface area contributed by atoms with E-state index in [2.05, 4.69) is 135 Å². The lowest BCUT2D eigenvalue weighted by molar-refractivity contribution is -0.870. The van der Waals surface area contributed by atoms with Gasteiger partial charge in [0.25, 0.3) is 7.82 Å². The molecule has 0 rings (SSSR count). The minimum Gasteiger partial charge on any atom is -0.756 e. The molecule has 0 saturated heterocycles. The first-order valence-electron chi connectivity index (χ1n) is 29.3. The molecule has 3 atom stereocenters. The van der Waals surface area contributed by atoms with Crippen LogP contribution in [-0.4, -0.2) is 69.4 Å². The fourth-order valence-corrected chi connectivity index (χ4v) is 8.32. The van der Waals surface area contributed by atoms with Crippen LogP contribution in [0.25, 0.3) is 0 Å². The predicted molar refractivity (Wildman–Crippen MR) is 316 cm³/mol. The summed E-state index contributed by atoms with van der Waals surface area (Å²) in [4.78, 5) is 39.9. The maximum atomic E-state index is 13.5. The molecule has 0 radical (unpaired) electrons. The van der Waals surface area contributed by atoms with Crippen LogP contribution < -0.4 is 10.2 Å². The Morgan fingerprint density at radius 2 is 0.878 bits per heavy atom. The minimum atomic E-state index is -4.73. The van der Waals surface area contributed by atoms with Gasteiger partial charge in [0, 0.05) is 12.8 Å². The molecule has 0 fully saturated rings. The van der Waals surface area contributed by atoms with Crippen molar-refractivity contribution in [1.29, 1.82) is 0 Å². The highest BCUT2D eigenvalue weighted by Crippen LogP contribution is 2.38. The van der Waals surface area contributed by atoms with E-state index >= 15 is 0 Å². The van der Waals surface area contributed by atoms with Crippen LogP contribution in [0.3, 0.4) is 0 Å². The van der Waals surface area contributed by atoms with Gasteiger partial charge in [0.15, 0.2) is 0 Å². The first-order chi connectivity index (χ1) is 35.9. The number of phosphoric acid groups is 1. The van der Waals surface area contributed by atoms with Crippen LogP contribution in [0.5, 0.6) is 0 Å². The van der Waals surface area contributed by atoms with Crippen LogP contribution in [-0.2, 0) is 27.9 Å². The monoisotopic (exact) mass is 1050 g/mol. The van der Waals surface area contributed by atoms with Crippen molar-refractivity contribution in [2.45, 2.75) is 232 Å². The fraction of sp³-hybridized carbons (Fsp3) is 0.656. The van der Waals surface area contributed by atoms with E-state index in [1.54, 1.807) is 6.08 Å². The minimum absolute atomic E-state index is 0.0449. The molecule has 0 heterocycles.